The van der Waals surface area contributed by atoms with E-state index in [2.05, 4.69) is 50.4 Å². The molecule has 0 aromatic heterocycles. The highest BCUT2D eigenvalue weighted by Crippen LogP contribution is 2.14. The van der Waals surface area contributed by atoms with Gasteiger partial charge < -0.3 is 11.1 Å². The predicted octanol–water partition coefficient (Wildman–Crippen LogP) is 2.59. The van der Waals surface area contributed by atoms with Crippen LogP contribution in [-0.4, -0.2) is 6.04 Å². The molecule has 0 heterocycles. The summed E-state index contributed by atoms with van der Waals surface area (Å²) in [6.07, 6.45) is 1.16. The Morgan fingerprint density at radius 2 is 1.80 bits per heavy atom. The van der Waals surface area contributed by atoms with Crippen LogP contribution in [0.2, 0.25) is 0 Å². The normalized spacial score (nSPS) is 14.9. The molecule has 0 fully saturated rings. The lowest BCUT2D eigenvalue weighted by molar-refractivity contribution is 0.469. The zero-order chi connectivity index (χ0) is 11.3. The summed E-state index contributed by atoms with van der Waals surface area (Å²) in [6, 6.07) is 9.49. The third-order valence-corrected chi connectivity index (χ3v) is 2.86. The van der Waals surface area contributed by atoms with Crippen LogP contribution >= 0.6 is 0 Å². The highest BCUT2D eigenvalue weighted by molar-refractivity contribution is 5.24. The van der Waals surface area contributed by atoms with Crippen molar-refractivity contribution in [2.45, 2.75) is 45.8 Å². The first kappa shape index (κ1) is 12.2. The van der Waals surface area contributed by atoms with Crippen molar-refractivity contribution < 1.29 is 0 Å². The Bertz CT molecular complexity index is 279. The van der Waals surface area contributed by atoms with Crippen LogP contribution in [-0.2, 0) is 6.54 Å². The Labute approximate surface area is 92.9 Å². The molecule has 0 bridgehead atoms. The molecule has 0 radical (unpaired) electrons. The molecule has 1 aromatic rings. The molecular weight excluding hydrogens is 184 g/mol. The highest BCUT2D eigenvalue weighted by atomic mass is 14.9. The van der Waals surface area contributed by atoms with Gasteiger partial charge in [-0.3, -0.25) is 0 Å². The van der Waals surface area contributed by atoms with Crippen molar-refractivity contribution in [1.29, 1.82) is 0 Å². The third-order valence-electron chi connectivity index (χ3n) is 2.86. The van der Waals surface area contributed by atoms with Gasteiger partial charge in [-0.2, -0.15) is 0 Å². The maximum Gasteiger partial charge on any atom is 0.0294 e. The molecule has 0 aliphatic heterocycles. The van der Waals surface area contributed by atoms with E-state index < -0.39 is 0 Å². The number of hydrogen-bond donors (Lipinski definition) is 2. The monoisotopic (exact) mass is 206 g/mol. The minimum Gasteiger partial charge on any atom is -0.326 e. The average Bonchev–Trinajstić information content (AvgIpc) is 2.29. The van der Waals surface area contributed by atoms with Crippen LogP contribution in [0.1, 0.15) is 44.4 Å². The predicted molar refractivity (Wildman–Crippen MR) is 65.6 cm³/mol. The highest BCUT2D eigenvalue weighted by Gasteiger charge is 2.07. The van der Waals surface area contributed by atoms with E-state index in [1.807, 2.05) is 0 Å². The minimum absolute atomic E-state index is 0.409. The van der Waals surface area contributed by atoms with E-state index in [1.54, 1.807) is 0 Å². The standard InChI is InChI=1S/C13H22N2/c1-4-10(2)15-11(3)13-7-5-12(9-14)6-8-13/h5-8,10-11,15H,4,9,14H2,1-3H3. The first-order chi connectivity index (χ1) is 7.17. The summed E-state index contributed by atoms with van der Waals surface area (Å²) in [6.45, 7) is 7.23. The van der Waals surface area contributed by atoms with Crippen molar-refractivity contribution in [3.05, 3.63) is 35.4 Å². The molecule has 1 aromatic carbocycles. The lowest BCUT2D eigenvalue weighted by Crippen LogP contribution is -2.28. The van der Waals surface area contributed by atoms with Crippen molar-refractivity contribution >= 4 is 0 Å². The van der Waals surface area contributed by atoms with Crippen LogP contribution < -0.4 is 11.1 Å². The number of hydrogen-bond acceptors (Lipinski definition) is 2. The van der Waals surface area contributed by atoms with Crippen molar-refractivity contribution in [3.8, 4) is 0 Å². The number of benzene rings is 1. The van der Waals surface area contributed by atoms with Gasteiger partial charge in [0.25, 0.3) is 0 Å². The van der Waals surface area contributed by atoms with Crippen LogP contribution in [0.3, 0.4) is 0 Å². The second-order valence-corrected chi connectivity index (χ2v) is 4.14. The van der Waals surface area contributed by atoms with Gasteiger partial charge in [0.1, 0.15) is 0 Å². The molecule has 0 saturated carbocycles. The molecule has 0 saturated heterocycles. The van der Waals surface area contributed by atoms with Gasteiger partial charge in [0.05, 0.1) is 0 Å². The van der Waals surface area contributed by atoms with Crippen molar-refractivity contribution in [2.24, 2.45) is 5.73 Å². The van der Waals surface area contributed by atoms with Crippen LogP contribution in [0.15, 0.2) is 24.3 Å². The summed E-state index contributed by atoms with van der Waals surface area (Å²) in [5, 5.41) is 3.55. The molecular formula is C13H22N2. The van der Waals surface area contributed by atoms with E-state index in [0.717, 1.165) is 6.42 Å². The zero-order valence-electron chi connectivity index (χ0n) is 9.96. The number of nitrogens with one attached hydrogen (secondary N) is 1. The maximum atomic E-state index is 5.56. The van der Waals surface area contributed by atoms with Gasteiger partial charge in [-0.05, 0) is 31.4 Å². The van der Waals surface area contributed by atoms with Crippen molar-refractivity contribution in [1.82, 2.24) is 5.32 Å². The van der Waals surface area contributed by atoms with Crippen LogP contribution in [0.5, 0.6) is 0 Å². The fourth-order valence-corrected chi connectivity index (χ4v) is 1.58. The second-order valence-electron chi connectivity index (χ2n) is 4.14. The van der Waals surface area contributed by atoms with Gasteiger partial charge in [0, 0.05) is 18.6 Å². The second kappa shape index (κ2) is 5.89. The summed E-state index contributed by atoms with van der Waals surface area (Å²) in [5.41, 5.74) is 8.08. The Hall–Kier alpha value is -0.860. The summed E-state index contributed by atoms with van der Waals surface area (Å²) in [4.78, 5) is 0. The molecule has 15 heavy (non-hydrogen) atoms. The first-order valence-corrected chi connectivity index (χ1v) is 5.72. The Kier molecular flexibility index (Phi) is 4.79. The Balaban J connectivity index is 2.61. The third kappa shape index (κ3) is 3.65. The summed E-state index contributed by atoms with van der Waals surface area (Å²) < 4.78 is 0. The lowest BCUT2D eigenvalue weighted by Gasteiger charge is -2.19. The van der Waals surface area contributed by atoms with Gasteiger partial charge in [0.2, 0.25) is 0 Å². The number of nitrogens with two attached hydrogens (primary N) is 1. The van der Waals surface area contributed by atoms with E-state index in [4.69, 9.17) is 5.73 Å². The van der Waals surface area contributed by atoms with Crippen molar-refractivity contribution in [3.63, 3.8) is 0 Å². The molecule has 1 rings (SSSR count). The van der Waals surface area contributed by atoms with E-state index in [0.29, 0.717) is 18.6 Å². The topological polar surface area (TPSA) is 38.0 Å². The van der Waals surface area contributed by atoms with Crippen LogP contribution in [0.4, 0.5) is 0 Å². The molecule has 2 nitrogen and oxygen atoms in total. The molecule has 2 heteroatoms. The smallest absolute Gasteiger partial charge is 0.0294 e. The minimum atomic E-state index is 0.409. The quantitative estimate of drug-likeness (QED) is 0.777. The number of rotatable bonds is 5. The van der Waals surface area contributed by atoms with Crippen LogP contribution in [0, 0.1) is 0 Å². The Morgan fingerprint density at radius 3 is 2.27 bits per heavy atom. The molecule has 2 unspecified atom stereocenters. The fourth-order valence-electron chi connectivity index (χ4n) is 1.58. The van der Waals surface area contributed by atoms with Gasteiger partial charge in [-0.1, -0.05) is 31.2 Å². The molecule has 0 spiro atoms. The van der Waals surface area contributed by atoms with E-state index in [1.165, 1.54) is 11.1 Å². The van der Waals surface area contributed by atoms with E-state index in [-0.39, 0.29) is 0 Å². The van der Waals surface area contributed by atoms with Gasteiger partial charge >= 0.3 is 0 Å². The van der Waals surface area contributed by atoms with Gasteiger partial charge in [-0.25, -0.2) is 0 Å². The average molecular weight is 206 g/mol. The first-order valence-electron chi connectivity index (χ1n) is 5.72. The summed E-state index contributed by atoms with van der Waals surface area (Å²) in [5.74, 6) is 0. The van der Waals surface area contributed by atoms with Gasteiger partial charge in [0.15, 0.2) is 0 Å². The lowest BCUT2D eigenvalue weighted by atomic mass is 10.0. The summed E-state index contributed by atoms with van der Waals surface area (Å²) in [7, 11) is 0. The van der Waals surface area contributed by atoms with E-state index >= 15 is 0 Å². The molecule has 0 aliphatic rings. The fraction of sp³-hybridized carbons (Fsp3) is 0.538. The molecule has 0 aliphatic carbocycles. The summed E-state index contributed by atoms with van der Waals surface area (Å²) >= 11 is 0. The molecule has 3 N–H and O–H groups in total. The Morgan fingerprint density at radius 1 is 1.20 bits per heavy atom. The molecule has 2 atom stereocenters. The zero-order valence-corrected chi connectivity index (χ0v) is 9.96. The van der Waals surface area contributed by atoms with Gasteiger partial charge in [-0.15, -0.1) is 0 Å². The molecule has 84 valence electrons. The maximum absolute atomic E-state index is 5.56. The van der Waals surface area contributed by atoms with E-state index in [9.17, 15) is 0 Å². The molecule has 0 amide bonds. The largest absolute Gasteiger partial charge is 0.326 e. The SMILES string of the molecule is CCC(C)NC(C)c1ccc(CN)cc1. The van der Waals surface area contributed by atoms with Crippen LogP contribution in [0.25, 0.3) is 0 Å². The van der Waals surface area contributed by atoms with Crippen molar-refractivity contribution in [2.75, 3.05) is 0 Å².